The molecule has 1 atom stereocenters. The quantitative estimate of drug-likeness (QED) is 0.798. The van der Waals surface area contributed by atoms with Crippen LogP contribution >= 0.6 is 11.3 Å². The summed E-state index contributed by atoms with van der Waals surface area (Å²) >= 11 is 1.65. The van der Waals surface area contributed by atoms with Gasteiger partial charge in [0.15, 0.2) is 6.54 Å². The van der Waals surface area contributed by atoms with Crippen molar-refractivity contribution < 1.29 is 27.6 Å². The van der Waals surface area contributed by atoms with Crippen molar-refractivity contribution >= 4 is 22.9 Å². The number of hydrogen-bond acceptors (Lipinski definition) is 3. The molecular weight excluding hydrogens is 341 g/mol. The van der Waals surface area contributed by atoms with Gasteiger partial charge in [-0.05, 0) is 42.6 Å². The predicted molar refractivity (Wildman–Crippen MR) is 86.1 cm³/mol. The zero-order chi connectivity index (χ0) is 17.6. The largest absolute Gasteiger partial charge is 0.573 e. The second kappa shape index (κ2) is 8.16. The van der Waals surface area contributed by atoms with E-state index in [1.807, 2.05) is 24.4 Å². The number of ether oxygens (including phenoxy) is 1. The van der Waals surface area contributed by atoms with Crippen LogP contribution in [-0.4, -0.2) is 25.4 Å². The van der Waals surface area contributed by atoms with Gasteiger partial charge < -0.3 is 15.0 Å². The van der Waals surface area contributed by atoms with Crippen molar-refractivity contribution in [3.63, 3.8) is 0 Å². The summed E-state index contributed by atoms with van der Waals surface area (Å²) in [6.45, 7) is 3.85. The van der Waals surface area contributed by atoms with Gasteiger partial charge in [-0.1, -0.05) is 6.07 Å². The lowest BCUT2D eigenvalue weighted by Crippen LogP contribution is -3.11. The number of amides is 1. The monoisotopic (exact) mass is 359 g/mol. The average Bonchev–Trinajstić information content (AvgIpc) is 3.00. The Labute approximate surface area is 141 Å². The van der Waals surface area contributed by atoms with E-state index in [4.69, 9.17) is 0 Å². The van der Waals surface area contributed by atoms with Crippen molar-refractivity contribution in [1.82, 2.24) is 0 Å². The van der Waals surface area contributed by atoms with Gasteiger partial charge in [0, 0.05) is 5.69 Å². The molecule has 0 bridgehead atoms. The van der Waals surface area contributed by atoms with E-state index < -0.39 is 6.36 Å². The number of thiophene rings is 1. The second-order valence-electron chi connectivity index (χ2n) is 5.16. The molecule has 0 aliphatic rings. The molecule has 24 heavy (non-hydrogen) atoms. The van der Waals surface area contributed by atoms with E-state index in [0.29, 0.717) is 5.69 Å². The third kappa shape index (κ3) is 6.21. The highest BCUT2D eigenvalue weighted by Gasteiger charge is 2.30. The Morgan fingerprint density at radius 1 is 1.25 bits per heavy atom. The van der Waals surface area contributed by atoms with Crippen LogP contribution in [0.1, 0.15) is 11.8 Å². The standard InChI is InChI=1S/C16H17F3N2O2S/c1-2-21(10-14-4-3-9-24-14)11-15(22)20-12-5-7-13(8-6-12)23-16(17,18)19/h3-9H,2,10-11H2,1H3,(H,20,22)/p+1. The van der Waals surface area contributed by atoms with Crippen LogP contribution in [0, 0.1) is 0 Å². The maximum atomic E-state index is 12.1. The number of alkyl halides is 3. The van der Waals surface area contributed by atoms with E-state index in [9.17, 15) is 18.0 Å². The third-order valence-electron chi connectivity index (χ3n) is 3.29. The predicted octanol–water partition coefficient (Wildman–Crippen LogP) is 2.69. The summed E-state index contributed by atoms with van der Waals surface area (Å²) in [7, 11) is 0. The summed E-state index contributed by atoms with van der Waals surface area (Å²) in [5.41, 5.74) is 0.432. The minimum absolute atomic E-state index is 0.187. The van der Waals surface area contributed by atoms with Gasteiger partial charge >= 0.3 is 6.36 Å². The number of carbonyl (C=O) groups excluding carboxylic acids is 1. The molecular formula is C16H18F3N2O2S+. The highest BCUT2D eigenvalue weighted by atomic mass is 32.1. The Balaban J connectivity index is 1.86. The summed E-state index contributed by atoms with van der Waals surface area (Å²) in [5.74, 6) is -0.508. The van der Waals surface area contributed by atoms with E-state index >= 15 is 0 Å². The summed E-state index contributed by atoms with van der Waals surface area (Å²) in [6.07, 6.45) is -4.72. The Morgan fingerprint density at radius 3 is 2.50 bits per heavy atom. The number of carbonyl (C=O) groups is 1. The fraction of sp³-hybridized carbons (Fsp3) is 0.312. The molecule has 1 heterocycles. The number of halogens is 3. The van der Waals surface area contributed by atoms with Crippen LogP contribution in [0.2, 0.25) is 0 Å². The maximum Gasteiger partial charge on any atom is 0.573 e. The number of rotatable bonds is 7. The van der Waals surface area contributed by atoms with Gasteiger partial charge in [0.05, 0.1) is 11.4 Å². The summed E-state index contributed by atoms with van der Waals surface area (Å²) in [5, 5.41) is 4.68. The first-order valence-electron chi connectivity index (χ1n) is 7.37. The Kier molecular flexibility index (Phi) is 6.22. The zero-order valence-corrected chi connectivity index (χ0v) is 13.8. The van der Waals surface area contributed by atoms with E-state index in [-0.39, 0.29) is 18.2 Å². The van der Waals surface area contributed by atoms with Crippen LogP contribution in [-0.2, 0) is 11.3 Å². The molecule has 2 aromatic rings. The molecule has 1 unspecified atom stereocenters. The molecule has 2 rings (SSSR count). The van der Waals surface area contributed by atoms with Gasteiger partial charge in [-0.15, -0.1) is 24.5 Å². The minimum atomic E-state index is -4.72. The third-order valence-corrected chi connectivity index (χ3v) is 4.16. The van der Waals surface area contributed by atoms with Crippen molar-refractivity contribution in [2.45, 2.75) is 19.8 Å². The molecule has 0 fully saturated rings. The second-order valence-corrected chi connectivity index (χ2v) is 6.19. The Bertz CT molecular complexity index is 642. The SMILES string of the molecule is CC[NH+](CC(=O)Nc1ccc(OC(F)(F)F)cc1)Cc1cccs1. The highest BCUT2D eigenvalue weighted by Crippen LogP contribution is 2.23. The number of benzene rings is 1. The molecule has 0 saturated heterocycles. The van der Waals surface area contributed by atoms with Gasteiger partial charge in [0.25, 0.3) is 5.91 Å². The molecule has 2 N–H and O–H groups in total. The van der Waals surface area contributed by atoms with Gasteiger partial charge in [-0.25, -0.2) is 0 Å². The number of quaternary nitrogens is 1. The lowest BCUT2D eigenvalue weighted by atomic mass is 10.3. The first-order valence-corrected chi connectivity index (χ1v) is 8.25. The normalized spacial score (nSPS) is 12.7. The lowest BCUT2D eigenvalue weighted by Gasteiger charge is -2.16. The van der Waals surface area contributed by atoms with Gasteiger partial charge in [0.1, 0.15) is 12.3 Å². The van der Waals surface area contributed by atoms with Crippen LogP contribution in [0.15, 0.2) is 41.8 Å². The average molecular weight is 359 g/mol. The molecule has 0 saturated carbocycles. The smallest absolute Gasteiger partial charge is 0.406 e. The van der Waals surface area contributed by atoms with E-state index in [2.05, 4.69) is 10.1 Å². The van der Waals surface area contributed by atoms with Crippen molar-refractivity contribution in [1.29, 1.82) is 0 Å². The molecule has 1 aromatic heterocycles. The molecule has 0 spiro atoms. The molecule has 4 nitrogen and oxygen atoms in total. The van der Waals surface area contributed by atoms with Crippen molar-refractivity contribution in [2.75, 3.05) is 18.4 Å². The number of hydrogen-bond donors (Lipinski definition) is 2. The Morgan fingerprint density at radius 2 is 1.96 bits per heavy atom. The zero-order valence-electron chi connectivity index (χ0n) is 13.0. The molecule has 0 radical (unpaired) electrons. The van der Waals surface area contributed by atoms with Crippen molar-refractivity contribution in [3.8, 4) is 5.75 Å². The first kappa shape index (κ1) is 18.3. The fourth-order valence-electron chi connectivity index (χ4n) is 2.14. The minimum Gasteiger partial charge on any atom is -0.406 e. The molecule has 1 aromatic carbocycles. The first-order chi connectivity index (χ1) is 11.4. The molecule has 1 amide bonds. The Hall–Kier alpha value is -2.06. The van der Waals surface area contributed by atoms with Crippen LogP contribution < -0.4 is 15.0 Å². The van der Waals surface area contributed by atoms with E-state index in [0.717, 1.165) is 18.0 Å². The number of nitrogens with one attached hydrogen (secondary N) is 2. The van der Waals surface area contributed by atoms with Gasteiger partial charge in [0.2, 0.25) is 0 Å². The van der Waals surface area contributed by atoms with Gasteiger partial charge in [-0.2, -0.15) is 0 Å². The summed E-state index contributed by atoms with van der Waals surface area (Å²) in [6, 6.07) is 9.08. The van der Waals surface area contributed by atoms with E-state index in [1.54, 1.807) is 11.3 Å². The lowest BCUT2D eigenvalue weighted by molar-refractivity contribution is -0.903. The number of likely N-dealkylation sites (N-methyl/N-ethyl adjacent to an activating group) is 1. The van der Waals surface area contributed by atoms with Crippen molar-refractivity contribution in [3.05, 3.63) is 46.7 Å². The molecule has 8 heteroatoms. The fourth-order valence-corrected chi connectivity index (χ4v) is 2.92. The number of anilines is 1. The summed E-state index contributed by atoms with van der Waals surface area (Å²) in [4.78, 5) is 14.4. The summed E-state index contributed by atoms with van der Waals surface area (Å²) < 4.78 is 40.1. The van der Waals surface area contributed by atoms with Gasteiger partial charge in [-0.3, -0.25) is 4.79 Å². The maximum absolute atomic E-state index is 12.1. The topological polar surface area (TPSA) is 42.8 Å². The molecule has 0 aliphatic carbocycles. The highest BCUT2D eigenvalue weighted by molar-refractivity contribution is 7.09. The van der Waals surface area contributed by atoms with Crippen LogP contribution in [0.4, 0.5) is 18.9 Å². The van der Waals surface area contributed by atoms with Crippen LogP contribution in [0.3, 0.4) is 0 Å². The molecule has 0 aliphatic heterocycles. The van der Waals surface area contributed by atoms with E-state index in [1.165, 1.54) is 29.1 Å². The molecule has 130 valence electrons. The van der Waals surface area contributed by atoms with Crippen molar-refractivity contribution in [2.24, 2.45) is 0 Å². The van der Waals surface area contributed by atoms with Crippen LogP contribution in [0.25, 0.3) is 0 Å². The van der Waals surface area contributed by atoms with Crippen LogP contribution in [0.5, 0.6) is 5.75 Å².